The van der Waals surface area contributed by atoms with E-state index in [0.29, 0.717) is 18.9 Å². The average molecular weight is 259 g/mol. The van der Waals surface area contributed by atoms with Crippen molar-refractivity contribution in [2.75, 3.05) is 6.54 Å². The lowest BCUT2D eigenvalue weighted by Crippen LogP contribution is -2.32. The van der Waals surface area contributed by atoms with Crippen LogP contribution in [0, 0.1) is 12.3 Å². The van der Waals surface area contributed by atoms with Gasteiger partial charge in [0, 0.05) is 19.0 Å². The molecule has 1 aromatic rings. The molecule has 0 fully saturated rings. The molecule has 2 N–H and O–H groups in total. The van der Waals surface area contributed by atoms with Crippen LogP contribution in [0.2, 0.25) is 0 Å². The number of rotatable bonds is 7. The van der Waals surface area contributed by atoms with Gasteiger partial charge in [-0.2, -0.15) is 0 Å². The summed E-state index contributed by atoms with van der Waals surface area (Å²) in [6.45, 7) is 6.97. The van der Waals surface area contributed by atoms with E-state index < -0.39 is 6.10 Å². The van der Waals surface area contributed by atoms with Crippen molar-refractivity contribution in [2.24, 2.45) is 0 Å². The van der Waals surface area contributed by atoms with E-state index in [0.717, 1.165) is 12.0 Å². The van der Waals surface area contributed by atoms with Crippen LogP contribution in [0.15, 0.2) is 24.3 Å². The van der Waals surface area contributed by atoms with Gasteiger partial charge in [0.2, 0.25) is 0 Å². The van der Waals surface area contributed by atoms with Crippen molar-refractivity contribution in [3.05, 3.63) is 35.4 Å². The fourth-order valence-corrected chi connectivity index (χ4v) is 2.00. The zero-order valence-corrected chi connectivity index (χ0v) is 12.2. The van der Waals surface area contributed by atoms with Crippen molar-refractivity contribution in [3.8, 4) is 12.3 Å². The Bertz CT molecular complexity index is 402. The third kappa shape index (κ3) is 5.06. The molecule has 19 heavy (non-hydrogen) atoms. The van der Waals surface area contributed by atoms with Crippen molar-refractivity contribution in [2.45, 2.75) is 51.7 Å². The van der Waals surface area contributed by atoms with Crippen LogP contribution < -0.4 is 5.32 Å². The smallest absolute Gasteiger partial charge is 0.0914 e. The molecule has 0 spiro atoms. The molecule has 2 heteroatoms. The zero-order valence-electron chi connectivity index (χ0n) is 12.2. The van der Waals surface area contributed by atoms with Crippen LogP contribution >= 0.6 is 0 Å². The maximum Gasteiger partial charge on any atom is 0.0914 e. The summed E-state index contributed by atoms with van der Waals surface area (Å²) >= 11 is 0. The first-order valence-corrected chi connectivity index (χ1v) is 7.03. The number of hydrogen-bond donors (Lipinski definition) is 2. The second-order valence-electron chi connectivity index (χ2n) is 5.26. The number of aliphatic hydroxyl groups is 1. The molecule has 0 aromatic heterocycles. The summed E-state index contributed by atoms with van der Waals surface area (Å²) in [7, 11) is 0. The fraction of sp³-hybridized carbons (Fsp3) is 0.529. The van der Waals surface area contributed by atoms with Crippen molar-refractivity contribution in [3.63, 3.8) is 0 Å². The van der Waals surface area contributed by atoms with Crippen molar-refractivity contribution >= 4 is 0 Å². The van der Waals surface area contributed by atoms with Crippen LogP contribution in [-0.4, -0.2) is 17.7 Å². The van der Waals surface area contributed by atoms with Crippen molar-refractivity contribution in [1.82, 2.24) is 5.32 Å². The topological polar surface area (TPSA) is 32.3 Å². The van der Waals surface area contributed by atoms with Crippen LogP contribution in [0.25, 0.3) is 0 Å². The summed E-state index contributed by atoms with van der Waals surface area (Å²) < 4.78 is 0. The minimum Gasteiger partial charge on any atom is -0.387 e. The van der Waals surface area contributed by atoms with E-state index in [4.69, 9.17) is 6.42 Å². The SMILES string of the molecule is C#CCC(CC)NCC(O)c1ccc(C(C)C)cc1. The van der Waals surface area contributed by atoms with E-state index in [9.17, 15) is 5.11 Å². The average Bonchev–Trinajstić information content (AvgIpc) is 2.43. The highest BCUT2D eigenvalue weighted by atomic mass is 16.3. The number of hydrogen-bond acceptors (Lipinski definition) is 2. The van der Waals surface area contributed by atoms with Crippen LogP contribution in [0.5, 0.6) is 0 Å². The van der Waals surface area contributed by atoms with Gasteiger partial charge in [-0.1, -0.05) is 45.0 Å². The van der Waals surface area contributed by atoms with E-state index >= 15 is 0 Å². The predicted octanol–water partition coefficient (Wildman–Crippen LogP) is 3.23. The normalized spacial score (nSPS) is 14.1. The maximum absolute atomic E-state index is 10.1. The molecule has 1 rings (SSSR count). The molecule has 1 aromatic carbocycles. The van der Waals surface area contributed by atoms with Crippen LogP contribution in [0.4, 0.5) is 0 Å². The van der Waals surface area contributed by atoms with E-state index in [2.05, 4.69) is 44.1 Å². The lowest BCUT2D eigenvalue weighted by Gasteiger charge is -2.18. The summed E-state index contributed by atoms with van der Waals surface area (Å²) in [6, 6.07) is 8.46. The van der Waals surface area contributed by atoms with Crippen LogP contribution in [-0.2, 0) is 0 Å². The third-order valence-electron chi connectivity index (χ3n) is 3.44. The standard InChI is InChI=1S/C17H25NO/c1-5-7-16(6-2)18-12-17(19)15-10-8-14(9-11-15)13(3)4/h1,8-11,13,16-19H,6-7,12H2,2-4H3. The van der Waals surface area contributed by atoms with Gasteiger partial charge in [0.25, 0.3) is 0 Å². The van der Waals surface area contributed by atoms with E-state index in [1.54, 1.807) is 0 Å². The summed E-state index contributed by atoms with van der Waals surface area (Å²) in [5, 5.41) is 13.5. The predicted molar refractivity (Wildman–Crippen MR) is 81.0 cm³/mol. The largest absolute Gasteiger partial charge is 0.387 e. The first kappa shape index (κ1) is 15.8. The van der Waals surface area contributed by atoms with Crippen molar-refractivity contribution < 1.29 is 5.11 Å². The Morgan fingerprint density at radius 2 is 1.79 bits per heavy atom. The Hall–Kier alpha value is -1.30. The van der Waals surface area contributed by atoms with Crippen LogP contribution in [0.1, 0.15) is 56.8 Å². The van der Waals surface area contributed by atoms with Gasteiger partial charge >= 0.3 is 0 Å². The Labute approximate surface area is 117 Å². The molecule has 0 aliphatic heterocycles. The molecular formula is C17H25NO. The molecule has 104 valence electrons. The van der Waals surface area contributed by atoms with E-state index in [1.807, 2.05) is 12.1 Å². The number of nitrogens with one attached hydrogen (secondary N) is 1. The molecule has 0 saturated heterocycles. The molecule has 0 aliphatic carbocycles. The van der Waals surface area contributed by atoms with Crippen molar-refractivity contribution in [1.29, 1.82) is 0 Å². The summed E-state index contributed by atoms with van der Waals surface area (Å²) in [4.78, 5) is 0. The first-order valence-electron chi connectivity index (χ1n) is 7.03. The lowest BCUT2D eigenvalue weighted by atomic mass is 10.00. The number of terminal acetylenes is 1. The highest BCUT2D eigenvalue weighted by molar-refractivity contribution is 5.26. The lowest BCUT2D eigenvalue weighted by molar-refractivity contribution is 0.169. The van der Waals surface area contributed by atoms with Gasteiger partial charge in [0.15, 0.2) is 0 Å². The Balaban J connectivity index is 2.53. The van der Waals surface area contributed by atoms with Crippen LogP contribution in [0.3, 0.4) is 0 Å². The van der Waals surface area contributed by atoms with Gasteiger partial charge in [0.05, 0.1) is 6.10 Å². The monoisotopic (exact) mass is 259 g/mol. The summed E-state index contributed by atoms with van der Waals surface area (Å²) in [5.74, 6) is 3.18. The van der Waals surface area contributed by atoms with Gasteiger partial charge < -0.3 is 10.4 Å². The molecule has 0 bridgehead atoms. The van der Waals surface area contributed by atoms with E-state index in [-0.39, 0.29) is 6.04 Å². The third-order valence-corrected chi connectivity index (χ3v) is 3.44. The first-order chi connectivity index (χ1) is 9.08. The number of aliphatic hydroxyl groups excluding tert-OH is 1. The van der Waals surface area contributed by atoms with Gasteiger partial charge in [0.1, 0.15) is 0 Å². The Kier molecular flexibility index (Phi) is 6.62. The minimum atomic E-state index is -0.479. The molecular weight excluding hydrogens is 234 g/mol. The second-order valence-corrected chi connectivity index (χ2v) is 5.26. The van der Waals surface area contributed by atoms with E-state index in [1.165, 1.54) is 5.56 Å². The maximum atomic E-state index is 10.1. The highest BCUT2D eigenvalue weighted by Crippen LogP contribution is 2.18. The molecule has 0 saturated carbocycles. The highest BCUT2D eigenvalue weighted by Gasteiger charge is 2.10. The van der Waals surface area contributed by atoms with Gasteiger partial charge in [-0.15, -0.1) is 12.3 Å². The zero-order chi connectivity index (χ0) is 14.3. The molecule has 2 unspecified atom stereocenters. The molecule has 2 nitrogen and oxygen atoms in total. The second kappa shape index (κ2) is 7.99. The van der Waals surface area contributed by atoms with Gasteiger partial charge in [-0.3, -0.25) is 0 Å². The van der Waals surface area contributed by atoms with Gasteiger partial charge in [-0.05, 0) is 23.5 Å². The van der Waals surface area contributed by atoms with Gasteiger partial charge in [-0.25, -0.2) is 0 Å². The minimum absolute atomic E-state index is 0.287. The molecule has 2 atom stereocenters. The molecule has 0 aliphatic rings. The Morgan fingerprint density at radius 1 is 1.21 bits per heavy atom. The summed E-state index contributed by atoms with van der Waals surface area (Å²) in [5.41, 5.74) is 2.25. The number of benzene rings is 1. The molecule has 0 heterocycles. The summed E-state index contributed by atoms with van der Waals surface area (Å²) in [6.07, 6.45) is 6.52. The Morgan fingerprint density at radius 3 is 2.26 bits per heavy atom. The fourth-order valence-electron chi connectivity index (χ4n) is 2.00. The molecule has 0 amide bonds. The quantitative estimate of drug-likeness (QED) is 0.737. The molecule has 0 radical (unpaired) electrons.